The molecule has 1 aromatic rings. The predicted octanol–water partition coefficient (Wildman–Crippen LogP) is 0.918. The Balaban J connectivity index is 2.44. The van der Waals surface area contributed by atoms with E-state index in [9.17, 15) is 18.3 Å². The van der Waals surface area contributed by atoms with E-state index in [1.165, 1.54) is 6.07 Å². The summed E-state index contributed by atoms with van der Waals surface area (Å²) < 4.78 is 26.0. The second kappa shape index (κ2) is 5.02. The van der Waals surface area contributed by atoms with E-state index in [2.05, 4.69) is 0 Å². The Morgan fingerprint density at radius 1 is 1.58 bits per heavy atom. The first-order valence-corrected chi connectivity index (χ1v) is 8.05. The number of thiophene rings is 1. The van der Waals surface area contributed by atoms with Crippen LogP contribution in [0.3, 0.4) is 0 Å². The molecule has 0 spiro atoms. The molecule has 106 valence electrons. The van der Waals surface area contributed by atoms with Crippen LogP contribution >= 0.6 is 22.9 Å². The standard InChI is InChI=1S/C10H12ClNO5S2/c1-5-8(3-9(11)18-5)19(16,17)12-4-6(13)2-7(12)10(14)15/h3,6-7,13H,2,4H2,1H3,(H,14,15)/t6-,7+/m0/s1. The molecule has 0 aromatic carbocycles. The number of hydrogen-bond acceptors (Lipinski definition) is 5. The molecule has 2 atom stereocenters. The summed E-state index contributed by atoms with van der Waals surface area (Å²) in [6.45, 7) is 1.39. The summed E-state index contributed by atoms with van der Waals surface area (Å²) in [5, 5.41) is 18.6. The van der Waals surface area contributed by atoms with E-state index in [1.807, 2.05) is 0 Å². The third-order valence-corrected chi connectivity index (χ3v) is 6.26. The van der Waals surface area contributed by atoms with Crippen LogP contribution in [-0.2, 0) is 14.8 Å². The van der Waals surface area contributed by atoms with Gasteiger partial charge >= 0.3 is 5.97 Å². The van der Waals surface area contributed by atoms with Gasteiger partial charge in [0.25, 0.3) is 0 Å². The summed E-state index contributed by atoms with van der Waals surface area (Å²) in [6, 6.07) is 0.0682. The van der Waals surface area contributed by atoms with E-state index in [1.54, 1.807) is 6.92 Å². The lowest BCUT2D eigenvalue weighted by Gasteiger charge is -2.20. The lowest BCUT2D eigenvalue weighted by atomic mass is 10.2. The van der Waals surface area contributed by atoms with Crippen LogP contribution in [0.4, 0.5) is 0 Å². The monoisotopic (exact) mass is 325 g/mol. The van der Waals surface area contributed by atoms with Gasteiger partial charge in [-0.15, -0.1) is 11.3 Å². The number of carboxylic acid groups (broad SMARTS) is 1. The molecule has 1 aromatic heterocycles. The normalized spacial score (nSPS) is 24.8. The Kier molecular flexibility index (Phi) is 3.90. The first-order valence-electron chi connectivity index (χ1n) is 5.42. The molecule has 6 nitrogen and oxygen atoms in total. The zero-order chi connectivity index (χ0) is 14.4. The molecule has 1 aliphatic rings. The Hall–Kier alpha value is -0.670. The number of nitrogens with zero attached hydrogens (tertiary/aromatic N) is 1. The highest BCUT2D eigenvalue weighted by Gasteiger charge is 2.44. The highest BCUT2D eigenvalue weighted by Crippen LogP contribution is 2.34. The van der Waals surface area contributed by atoms with Crippen LogP contribution in [0.15, 0.2) is 11.0 Å². The summed E-state index contributed by atoms with van der Waals surface area (Å²) in [7, 11) is -3.96. The number of aryl methyl sites for hydroxylation is 1. The number of hydrogen-bond donors (Lipinski definition) is 2. The summed E-state index contributed by atoms with van der Waals surface area (Å²) >= 11 is 6.89. The van der Waals surface area contributed by atoms with Crippen LogP contribution in [0.1, 0.15) is 11.3 Å². The molecule has 0 radical (unpaired) electrons. The van der Waals surface area contributed by atoms with E-state index < -0.39 is 28.1 Å². The topological polar surface area (TPSA) is 94.9 Å². The van der Waals surface area contributed by atoms with Crippen molar-refractivity contribution in [1.82, 2.24) is 4.31 Å². The van der Waals surface area contributed by atoms with Gasteiger partial charge in [-0.1, -0.05) is 11.6 Å². The van der Waals surface area contributed by atoms with Crippen molar-refractivity contribution in [1.29, 1.82) is 0 Å². The summed E-state index contributed by atoms with van der Waals surface area (Å²) in [5.74, 6) is -1.26. The number of aliphatic hydroxyl groups is 1. The fraction of sp³-hybridized carbons (Fsp3) is 0.500. The van der Waals surface area contributed by atoms with Gasteiger partial charge in [0.2, 0.25) is 10.0 Å². The third-order valence-electron chi connectivity index (χ3n) is 2.95. The van der Waals surface area contributed by atoms with Crippen molar-refractivity contribution in [2.75, 3.05) is 6.54 Å². The van der Waals surface area contributed by atoms with Crippen molar-refractivity contribution >= 4 is 38.9 Å². The largest absolute Gasteiger partial charge is 0.480 e. The van der Waals surface area contributed by atoms with E-state index >= 15 is 0 Å². The Morgan fingerprint density at radius 3 is 2.68 bits per heavy atom. The van der Waals surface area contributed by atoms with Crippen molar-refractivity contribution < 1.29 is 23.4 Å². The second-order valence-corrected chi connectivity index (χ2v) is 8.04. The molecule has 19 heavy (non-hydrogen) atoms. The molecule has 1 fully saturated rings. The van der Waals surface area contributed by atoms with Gasteiger partial charge in [-0.25, -0.2) is 8.42 Å². The fourth-order valence-corrected chi connectivity index (χ4v) is 5.52. The maximum absolute atomic E-state index is 12.4. The lowest BCUT2D eigenvalue weighted by Crippen LogP contribution is -2.40. The van der Waals surface area contributed by atoms with Gasteiger partial charge in [0, 0.05) is 17.8 Å². The number of aliphatic carboxylic acids is 1. The van der Waals surface area contributed by atoms with Crippen LogP contribution in [0.5, 0.6) is 0 Å². The van der Waals surface area contributed by atoms with Gasteiger partial charge in [-0.2, -0.15) is 4.31 Å². The van der Waals surface area contributed by atoms with Crippen LogP contribution < -0.4 is 0 Å². The summed E-state index contributed by atoms with van der Waals surface area (Å²) in [4.78, 5) is 11.6. The summed E-state index contributed by atoms with van der Waals surface area (Å²) in [5.41, 5.74) is 0. The van der Waals surface area contributed by atoms with Crippen molar-refractivity contribution in [3.8, 4) is 0 Å². The van der Waals surface area contributed by atoms with Crippen molar-refractivity contribution in [3.63, 3.8) is 0 Å². The maximum Gasteiger partial charge on any atom is 0.322 e. The van der Waals surface area contributed by atoms with E-state index in [0.717, 1.165) is 15.6 Å². The van der Waals surface area contributed by atoms with Crippen LogP contribution in [0, 0.1) is 6.92 Å². The number of aliphatic hydroxyl groups excluding tert-OH is 1. The van der Waals surface area contributed by atoms with E-state index in [-0.39, 0.29) is 17.9 Å². The number of carboxylic acids is 1. The number of sulfonamides is 1. The molecule has 1 aliphatic heterocycles. The quantitative estimate of drug-likeness (QED) is 0.861. The third kappa shape index (κ3) is 2.63. The summed E-state index contributed by atoms with van der Waals surface area (Å²) in [6.07, 6.45) is -1.07. The van der Waals surface area contributed by atoms with Gasteiger partial charge in [-0.3, -0.25) is 4.79 Å². The molecule has 0 amide bonds. The molecule has 9 heteroatoms. The minimum atomic E-state index is -3.96. The highest BCUT2D eigenvalue weighted by molar-refractivity contribution is 7.89. The Bertz CT molecular complexity index is 611. The van der Waals surface area contributed by atoms with Crippen LogP contribution in [0.2, 0.25) is 4.34 Å². The molecule has 0 bridgehead atoms. The predicted molar refractivity (Wildman–Crippen MR) is 70.0 cm³/mol. The number of carbonyl (C=O) groups is 1. The average Bonchev–Trinajstić information content (AvgIpc) is 2.82. The smallest absolute Gasteiger partial charge is 0.322 e. The maximum atomic E-state index is 12.4. The zero-order valence-corrected chi connectivity index (χ0v) is 12.3. The lowest BCUT2D eigenvalue weighted by molar-refractivity contribution is -0.140. The Morgan fingerprint density at radius 2 is 2.21 bits per heavy atom. The van der Waals surface area contributed by atoms with Crippen molar-refractivity contribution in [2.45, 2.75) is 30.4 Å². The molecule has 0 saturated carbocycles. The number of halogens is 1. The minimum absolute atomic E-state index is 0.00264. The second-order valence-electron chi connectivity index (χ2n) is 4.29. The van der Waals surface area contributed by atoms with Gasteiger partial charge in [0.15, 0.2) is 0 Å². The van der Waals surface area contributed by atoms with Crippen molar-refractivity contribution in [3.05, 3.63) is 15.3 Å². The number of rotatable bonds is 3. The molecule has 1 saturated heterocycles. The first-order chi connectivity index (χ1) is 8.73. The molecule has 0 aliphatic carbocycles. The molecular weight excluding hydrogens is 314 g/mol. The minimum Gasteiger partial charge on any atom is -0.480 e. The van der Waals surface area contributed by atoms with Gasteiger partial charge in [-0.05, 0) is 13.0 Å². The molecule has 2 heterocycles. The molecule has 0 unspecified atom stereocenters. The van der Waals surface area contributed by atoms with E-state index in [4.69, 9.17) is 16.7 Å². The highest BCUT2D eigenvalue weighted by atomic mass is 35.5. The van der Waals surface area contributed by atoms with Gasteiger partial charge < -0.3 is 10.2 Å². The molecule has 2 rings (SSSR count). The number of β-amino-alcohol motifs (C(OH)–C–C–N with tert-alkyl or cyclic N) is 1. The van der Waals surface area contributed by atoms with Crippen molar-refractivity contribution in [2.24, 2.45) is 0 Å². The van der Waals surface area contributed by atoms with E-state index in [0.29, 0.717) is 9.21 Å². The zero-order valence-electron chi connectivity index (χ0n) is 9.91. The van der Waals surface area contributed by atoms with Gasteiger partial charge in [0.1, 0.15) is 6.04 Å². The first kappa shape index (κ1) is 14.7. The molecular formula is C10H12ClNO5S2. The van der Waals surface area contributed by atoms with Crippen LogP contribution in [0.25, 0.3) is 0 Å². The Labute approximate surface area is 119 Å². The fourth-order valence-electron chi connectivity index (χ4n) is 2.09. The van der Waals surface area contributed by atoms with Gasteiger partial charge in [0.05, 0.1) is 15.3 Å². The SMILES string of the molecule is Cc1sc(Cl)cc1S(=O)(=O)N1C[C@@H](O)C[C@@H]1C(=O)O. The molecule has 2 N–H and O–H groups in total. The van der Waals surface area contributed by atoms with Crippen LogP contribution in [-0.4, -0.2) is 47.6 Å². The average molecular weight is 326 g/mol.